The molecule has 0 atom stereocenters. The van der Waals surface area contributed by atoms with Crippen molar-refractivity contribution in [2.24, 2.45) is 0 Å². The van der Waals surface area contributed by atoms with Crippen molar-refractivity contribution in [3.63, 3.8) is 0 Å². The number of hydrogen-bond donors (Lipinski definition) is 0. The molecule has 0 saturated heterocycles. The van der Waals surface area contributed by atoms with E-state index in [9.17, 15) is 0 Å². The molecule has 0 aromatic rings. The largest absolute Gasteiger partial charge is 0.639 e. The van der Waals surface area contributed by atoms with Gasteiger partial charge in [-0.15, -0.1) is 6.58 Å². The van der Waals surface area contributed by atoms with Gasteiger partial charge >= 0.3 is 7.32 Å². The highest BCUT2D eigenvalue weighted by molar-refractivity contribution is 6.36. The molecule has 0 aromatic carbocycles. The van der Waals surface area contributed by atoms with Crippen molar-refractivity contribution < 1.29 is 14.0 Å². The molecular weight excluding hydrogens is 143 g/mol. The summed E-state index contributed by atoms with van der Waals surface area (Å²) < 4.78 is 15.3. The summed E-state index contributed by atoms with van der Waals surface area (Å²) in [5.74, 6) is 0. The van der Waals surface area contributed by atoms with Crippen LogP contribution in [0.5, 0.6) is 0 Å². The summed E-state index contributed by atoms with van der Waals surface area (Å²) in [6, 6.07) is 0. The van der Waals surface area contributed by atoms with Gasteiger partial charge in [0, 0.05) is 13.2 Å². The van der Waals surface area contributed by atoms with Crippen LogP contribution in [0.2, 0.25) is 0 Å². The minimum Gasteiger partial charge on any atom is -0.386 e. The second-order valence-corrected chi connectivity index (χ2v) is 1.82. The van der Waals surface area contributed by atoms with E-state index in [1.54, 1.807) is 6.08 Å². The highest BCUT2D eigenvalue weighted by Gasteiger charge is 2.18. The van der Waals surface area contributed by atoms with Gasteiger partial charge in [-0.3, -0.25) is 0 Å². The maximum absolute atomic E-state index is 5.11. The van der Waals surface area contributed by atoms with Crippen LogP contribution in [0, 0.1) is 0 Å². The van der Waals surface area contributed by atoms with Crippen LogP contribution in [0.3, 0.4) is 0 Å². The van der Waals surface area contributed by atoms with Crippen LogP contribution in [0.4, 0.5) is 0 Å². The van der Waals surface area contributed by atoms with Crippen LogP contribution in [0.1, 0.15) is 13.8 Å². The molecule has 0 fully saturated rings. The number of rotatable bonds is 7. The zero-order valence-electron chi connectivity index (χ0n) is 7.21. The van der Waals surface area contributed by atoms with Gasteiger partial charge < -0.3 is 14.0 Å². The third-order valence-electron chi connectivity index (χ3n) is 0.956. The van der Waals surface area contributed by atoms with Crippen molar-refractivity contribution in [1.29, 1.82) is 0 Å². The van der Waals surface area contributed by atoms with Gasteiger partial charge in [0.05, 0.1) is 6.61 Å². The van der Waals surface area contributed by atoms with E-state index in [4.69, 9.17) is 14.0 Å². The third-order valence-corrected chi connectivity index (χ3v) is 0.956. The predicted octanol–water partition coefficient (Wildman–Crippen LogP) is 1.25. The molecule has 0 spiro atoms. The Morgan fingerprint density at radius 3 is 2.09 bits per heavy atom. The average molecular weight is 158 g/mol. The van der Waals surface area contributed by atoms with Crippen molar-refractivity contribution in [3.8, 4) is 0 Å². The first kappa shape index (κ1) is 10.7. The van der Waals surface area contributed by atoms with Crippen molar-refractivity contribution in [3.05, 3.63) is 12.7 Å². The Bertz CT molecular complexity index is 91.7. The topological polar surface area (TPSA) is 27.7 Å². The van der Waals surface area contributed by atoms with Gasteiger partial charge in [0.25, 0.3) is 0 Å². The van der Waals surface area contributed by atoms with Gasteiger partial charge in [0.2, 0.25) is 0 Å². The average Bonchev–Trinajstić information content (AvgIpc) is 2.01. The molecule has 0 amide bonds. The van der Waals surface area contributed by atoms with Gasteiger partial charge in [-0.25, -0.2) is 0 Å². The first-order chi connectivity index (χ1) is 5.35. The molecular formula is C7H15BO3. The summed E-state index contributed by atoms with van der Waals surface area (Å²) in [7, 11) is -0.539. The van der Waals surface area contributed by atoms with E-state index in [0.29, 0.717) is 19.8 Å². The normalized spacial score (nSPS) is 9.64. The van der Waals surface area contributed by atoms with E-state index in [2.05, 4.69) is 6.58 Å². The molecule has 0 aliphatic heterocycles. The van der Waals surface area contributed by atoms with E-state index in [-0.39, 0.29) is 0 Å². The summed E-state index contributed by atoms with van der Waals surface area (Å²) in [6.07, 6.45) is 1.66. The molecule has 0 aromatic heterocycles. The van der Waals surface area contributed by atoms with Crippen molar-refractivity contribution >= 4 is 7.32 Å². The molecule has 0 aliphatic rings. The molecule has 0 bridgehead atoms. The van der Waals surface area contributed by atoms with Crippen LogP contribution in [-0.2, 0) is 14.0 Å². The maximum Gasteiger partial charge on any atom is 0.639 e. The monoisotopic (exact) mass is 158 g/mol. The van der Waals surface area contributed by atoms with E-state index in [1.807, 2.05) is 13.8 Å². The Morgan fingerprint density at radius 1 is 1.18 bits per heavy atom. The lowest BCUT2D eigenvalue weighted by Gasteiger charge is -2.10. The Balaban J connectivity index is 3.41. The summed E-state index contributed by atoms with van der Waals surface area (Å²) in [6.45, 7) is 8.92. The molecule has 4 heteroatoms. The van der Waals surface area contributed by atoms with Crippen molar-refractivity contribution in [2.45, 2.75) is 13.8 Å². The quantitative estimate of drug-likeness (QED) is 0.412. The van der Waals surface area contributed by atoms with Crippen molar-refractivity contribution in [1.82, 2.24) is 0 Å². The molecule has 0 rings (SSSR count). The van der Waals surface area contributed by atoms with E-state index >= 15 is 0 Å². The van der Waals surface area contributed by atoms with E-state index < -0.39 is 7.32 Å². The molecule has 0 saturated carbocycles. The highest BCUT2D eigenvalue weighted by atomic mass is 16.7. The van der Waals surface area contributed by atoms with Crippen molar-refractivity contribution in [2.75, 3.05) is 19.8 Å². The Kier molecular flexibility index (Phi) is 7.57. The van der Waals surface area contributed by atoms with Crippen LogP contribution in [0.25, 0.3) is 0 Å². The molecule has 11 heavy (non-hydrogen) atoms. The smallest absolute Gasteiger partial charge is 0.386 e. The van der Waals surface area contributed by atoms with E-state index in [1.165, 1.54) is 0 Å². The van der Waals surface area contributed by atoms with Gasteiger partial charge in [0.15, 0.2) is 0 Å². The third kappa shape index (κ3) is 6.10. The minimum atomic E-state index is -0.539. The second kappa shape index (κ2) is 7.79. The highest BCUT2D eigenvalue weighted by Crippen LogP contribution is 1.91. The molecule has 0 heterocycles. The standard InChI is InChI=1S/C7H15BO3/c1-4-7-11-8(9-5-2)10-6-3/h4H,1,5-7H2,2-3H3. The lowest BCUT2D eigenvalue weighted by atomic mass is 10.2. The molecule has 0 unspecified atom stereocenters. The molecule has 64 valence electrons. The molecule has 0 aliphatic carbocycles. The van der Waals surface area contributed by atoms with Gasteiger partial charge in [-0.05, 0) is 13.8 Å². The van der Waals surface area contributed by atoms with Gasteiger partial charge in [-0.2, -0.15) is 0 Å². The zero-order chi connectivity index (χ0) is 8.53. The second-order valence-electron chi connectivity index (χ2n) is 1.82. The zero-order valence-corrected chi connectivity index (χ0v) is 7.21. The minimum absolute atomic E-state index is 0.449. The van der Waals surface area contributed by atoms with Gasteiger partial charge in [0.1, 0.15) is 0 Å². The van der Waals surface area contributed by atoms with Crippen LogP contribution >= 0.6 is 0 Å². The first-order valence-electron chi connectivity index (χ1n) is 3.80. The lowest BCUT2D eigenvalue weighted by molar-refractivity contribution is 0.112. The van der Waals surface area contributed by atoms with E-state index in [0.717, 1.165) is 0 Å². The Labute approximate surface area is 68.5 Å². The summed E-state index contributed by atoms with van der Waals surface area (Å²) in [5.41, 5.74) is 0. The molecule has 3 nitrogen and oxygen atoms in total. The van der Waals surface area contributed by atoms with Crippen LogP contribution < -0.4 is 0 Å². The SMILES string of the molecule is C=CCOB(OCC)OCC. The van der Waals surface area contributed by atoms with Gasteiger partial charge in [-0.1, -0.05) is 6.08 Å². The maximum atomic E-state index is 5.11. The molecule has 0 radical (unpaired) electrons. The number of hydrogen-bond acceptors (Lipinski definition) is 3. The fourth-order valence-electron chi connectivity index (χ4n) is 0.563. The summed E-state index contributed by atoms with van der Waals surface area (Å²) in [4.78, 5) is 0. The predicted molar refractivity (Wildman–Crippen MR) is 45.2 cm³/mol. The fraction of sp³-hybridized carbons (Fsp3) is 0.714. The van der Waals surface area contributed by atoms with Crippen LogP contribution in [0.15, 0.2) is 12.7 Å². The van der Waals surface area contributed by atoms with Crippen LogP contribution in [-0.4, -0.2) is 27.1 Å². The Morgan fingerprint density at radius 2 is 1.73 bits per heavy atom. The lowest BCUT2D eigenvalue weighted by Crippen LogP contribution is -2.27. The summed E-state index contributed by atoms with van der Waals surface area (Å²) in [5, 5.41) is 0. The summed E-state index contributed by atoms with van der Waals surface area (Å²) >= 11 is 0. The first-order valence-corrected chi connectivity index (χ1v) is 3.80. The fourth-order valence-corrected chi connectivity index (χ4v) is 0.563. The Hall–Kier alpha value is -0.315. The molecule has 0 N–H and O–H groups in total.